The topological polar surface area (TPSA) is 56.3 Å². The minimum absolute atomic E-state index is 0.378. The summed E-state index contributed by atoms with van der Waals surface area (Å²) in [6.45, 7) is 1.97. The molecular weight excluding hydrogens is 310 g/mol. The molecule has 100 valence electrons. The number of nitrogens with zero attached hydrogens (tertiary/aromatic N) is 2. The van der Waals surface area contributed by atoms with Crippen molar-refractivity contribution in [3.8, 4) is 17.4 Å². The standard InChI is InChI=1S/C13H14BrN3O2/c1-8-4-5-9(14)6-10(8)19-13-11(18-3)12(15-2)16-7-17-13/h4-7H,1-3H3,(H,15,16,17). The molecule has 6 heteroatoms. The summed E-state index contributed by atoms with van der Waals surface area (Å²) in [7, 11) is 3.32. The summed E-state index contributed by atoms with van der Waals surface area (Å²) in [5, 5.41) is 2.93. The van der Waals surface area contributed by atoms with Crippen LogP contribution in [-0.4, -0.2) is 24.1 Å². The lowest BCUT2D eigenvalue weighted by molar-refractivity contribution is 0.368. The van der Waals surface area contributed by atoms with Gasteiger partial charge in [0.05, 0.1) is 7.11 Å². The van der Waals surface area contributed by atoms with Crippen LogP contribution in [0.25, 0.3) is 0 Å². The van der Waals surface area contributed by atoms with Gasteiger partial charge in [0.15, 0.2) is 5.82 Å². The molecule has 0 fully saturated rings. The van der Waals surface area contributed by atoms with Gasteiger partial charge < -0.3 is 14.8 Å². The highest BCUT2D eigenvalue weighted by Crippen LogP contribution is 2.35. The zero-order valence-corrected chi connectivity index (χ0v) is 12.5. The lowest BCUT2D eigenvalue weighted by atomic mass is 10.2. The van der Waals surface area contributed by atoms with Crippen LogP contribution >= 0.6 is 15.9 Å². The number of hydrogen-bond donors (Lipinski definition) is 1. The summed E-state index contributed by atoms with van der Waals surface area (Å²) in [5.41, 5.74) is 1.01. The van der Waals surface area contributed by atoms with Crippen LogP contribution in [0.15, 0.2) is 29.0 Å². The number of hydrogen-bond acceptors (Lipinski definition) is 5. The number of methoxy groups -OCH3 is 1. The molecule has 0 aliphatic carbocycles. The Balaban J connectivity index is 2.40. The first kappa shape index (κ1) is 13.6. The van der Waals surface area contributed by atoms with E-state index in [0.29, 0.717) is 23.2 Å². The minimum atomic E-state index is 0.378. The lowest BCUT2D eigenvalue weighted by Crippen LogP contribution is -2.01. The van der Waals surface area contributed by atoms with Crippen LogP contribution in [0, 0.1) is 6.92 Å². The maximum Gasteiger partial charge on any atom is 0.268 e. The van der Waals surface area contributed by atoms with Crippen LogP contribution in [0.1, 0.15) is 5.56 Å². The molecule has 19 heavy (non-hydrogen) atoms. The molecular formula is C13H14BrN3O2. The van der Waals surface area contributed by atoms with E-state index in [0.717, 1.165) is 10.0 Å². The second-order valence-corrected chi connectivity index (χ2v) is 4.74. The van der Waals surface area contributed by atoms with Crippen molar-refractivity contribution in [2.45, 2.75) is 6.92 Å². The molecule has 0 unspecified atom stereocenters. The van der Waals surface area contributed by atoms with Crippen LogP contribution < -0.4 is 14.8 Å². The van der Waals surface area contributed by atoms with E-state index in [4.69, 9.17) is 9.47 Å². The van der Waals surface area contributed by atoms with Crippen molar-refractivity contribution < 1.29 is 9.47 Å². The van der Waals surface area contributed by atoms with Crippen molar-refractivity contribution in [2.75, 3.05) is 19.5 Å². The minimum Gasteiger partial charge on any atom is -0.489 e. The number of anilines is 1. The van der Waals surface area contributed by atoms with E-state index in [2.05, 4.69) is 31.2 Å². The maximum absolute atomic E-state index is 5.81. The molecule has 1 N–H and O–H groups in total. The normalized spacial score (nSPS) is 10.1. The van der Waals surface area contributed by atoms with Crippen LogP contribution in [0.3, 0.4) is 0 Å². The van der Waals surface area contributed by atoms with Gasteiger partial charge in [-0.25, -0.2) is 4.98 Å². The van der Waals surface area contributed by atoms with Gasteiger partial charge in [-0.2, -0.15) is 4.98 Å². The number of ether oxygens (including phenoxy) is 2. The molecule has 0 aliphatic heterocycles. The fourth-order valence-electron chi connectivity index (χ4n) is 1.58. The quantitative estimate of drug-likeness (QED) is 0.934. The molecule has 0 saturated carbocycles. The van der Waals surface area contributed by atoms with E-state index in [-0.39, 0.29) is 0 Å². The molecule has 1 aromatic carbocycles. The summed E-state index contributed by atoms with van der Waals surface area (Å²) in [4.78, 5) is 8.18. The first-order valence-corrected chi connectivity index (χ1v) is 6.45. The summed E-state index contributed by atoms with van der Waals surface area (Å²) in [5.74, 6) is 2.15. The monoisotopic (exact) mass is 323 g/mol. The Morgan fingerprint density at radius 1 is 1.26 bits per heavy atom. The SMILES string of the molecule is CNc1ncnc(Oc2cc(Br)ccc2C)c1OC. The Hall–Kier alpha value is -1.82. The van der Waals surface area contributed by atoms with Gasteiger partial charge in [-0.15, -0.1) is 0 Å². The lowest BCUT2D eigenvalue weighted by Gasteiger charge is -2.13. The molecule has 1 aromatic heterocycles. The fourth-order valence-corrected chi connectivity index (χ4v) is 1.92. The maximum atomic E-state index is 5.81. The Kier molecular flexibility index (Phi) is 4.21. The Morgan fingerprint density at radius 2 is 2.05 bits per heavy atom. The van der Waals surface area contributed by atoms with Gasteiger partial charge in [0.25, 0.3) is 5.88 Å². The number of halogens is 1. The van der Waals surface area contributed by atoms with E-state index in [1.807, 2.05) is 25.1 Å². The Morgan fingerprint density at radius 3 is 2.74 bits per heavy atom. The number of aryl methyl sites for hydroxylation is 1. The van der Waals surface area contributed by atoms with Crippen molar-refractivity contribution in [1.82, 2.24) is 9.97 Å². The third-order valence-electron chi connectivity index (χ3n) is 2.57. The van der Waals surface area contributed by atoms with Gasteiger partial charge >= 0.3 is 0 Å². The largest absolute Gasteiger partial charge is 0.489 e. The molecule has 0 aliphatic rings. The highest BCUT2D eigenvalue weighted by molar-refractivity contribution is 9.10. The summed E-state index contributed by atoms with van der Waals surface area (Å²) in [6.07, 6.45) is 1.43. The second kappa shape index (κ2) is 5.88. The molecule has 0 bridgehead atoms. The van der Waals surface area contributed by atoms with Crippen LogP contribution in [0.5, 0.6) is 17.4 Å². The molecule has 0 atom stereocenters. The molecule has 0 radical (unpaired) electrons. The van der Waals surface area contributed by atoms with Gasteiger partial charge in [0.1, 0.15) is 12.1 Å². The molecule has 1 heterocycles. The average molecular weight is 324 g/mol. The van der Waals surface area contributed by atoms with Crippen LogP contribution in [-0.2, 0) is 0 Å². The second-order valence-electron chi connectivity index (χ2n) is 3.82. The van der Waals surface area contributed by atoms with E-state index in [1.165, 1.54) is 6.33 Å². The van der Waals surface area contributed by atoms with Gasteiger partial charge in [0, 0.05) is 11.5 Å². The third-order valence-corrected chi connectivity index (χ3v) is 3.06. The van der Waals surface area contributed by atoms with E-state index in [9.17, 15) is 0 Å². The van der Waals surface area contributed by atoms with E-state index in [1.54, 1.807) is 14.2 Å². The molecule has 2 aromatic rings. The Bertz CT molecular complexity index is 590. The molecule has 0 spiro atoms. The molecule has 2 rings (SSSR count). The summed E-state index contributed by atoms with van der Waals surface area (Å²) in [6, 6.07) is 5.81. The summed E-state index contributed by atoms with van der Waals surface area (Å²) >= 11 is 3.42. The van der Waals surface area contributed by atoms with Gasteiger partial charge in [0.2, 0.25) is 5.75 Å². The first-order chi connectivity index (χ1) is 9.15. The van der Waals surface area contributed by atoms with Gasteiger partial charge in [-0.1, -0.05) is 22.0 Å². The average Bonchev–Trinajstić information content (AvgIpc) is 2.42. The van der Waals surface area contributed by atoms with Crippen molar-refractivity contribution in [3.63, 3.8) is 0 Å². The fraction of sp³-hybridized carbons (Fsp3) is 0.231. The zero-order valence-electron chi connectivity index (χ0n) is 10.9. The molecule has 5 nitrogen and oxygen atoms in total. The van der Waals surface area contributed by atoms with Gasteiger partial charge in [-0.3, -0.25) is 0 Å². The van der Waals surface area contributed by atoms with Crippen molar-refractivity contribution in [1.29, 1.82) is 0 Å². The molecule has 0 amide bonds. The summed E-state index contributed by atoms with van der Waals surface area (Å²) < 4.78 is 12.0. The number of rotatable bonds is 4. The van der Waals surface area contributed by atoms with Crippen molar-refractivity contribution in [2.24, 2.45) is 0 Å². The Labute approximate surface area is 120 Å². The number of aromatic nitrogens is 2. The predicted octanol–water partition coefficient (Wildman–Crippen LogP) is 3.39. The zero-order chi connectivity index (χ0) is 13.8. The highest BCUT2D eigenvalue weighted by atomic mass is 79.9. The van der Waals surface area contributed by atoms with Gasteiger partial charge in [-0.05, 0) is 24.6 Å². The van der Waals surface area contributed by atoms with E-state index < -0.39 is 0 Å². The molecule has 0 saturated heterocycles. The van der Waals surface area contributed by atoms with Crippen molar-refractivity contribution >= 4 is 21.7 Å². The van der Waals surface area contributed by atoms with Crippen LogP contribution in [0.2, 0.25) is 0 Å². The smallest absolute Gasteiger partial charge is 0.268 e. The van der Waals surface area contributed by atoms with E-state index >= 15 is 0 Å². The number of nitrogens with one attached hydrogen (secondary N) is 1. The van der Waals surface area contributed by atoms with Crippen LogP contribution in [0.4, 0.5) is 5.82 Å². The van der Waals surface area contributed by atoms with Crippen molar-refractivity contribution in [3.05, 3.63) is 34.6 Å². The predicted molar refractivity (Wildman–Crippen MR) is 77.1 cm³/mol. The third kappa shape index (κ3) is 2.96. The highest BCUT2D eigenvalue weighted by Gasteiger charge is 2.14. The number of benzene rings is 1. The first-order valence-electron chi connectivity index (χ1n) is 5.66.